The predicted molar refractivity (Wildman–Crippen MR) is 159 cm³/mol. The number of aryl methyl sites for hydroxylation is 1. The average Bonchev–Trinajstić information content (AvgIpc) is 3.67. The van der Waals surface area contributed by atoms with E-state index < -0.39 is 12.0 Å². The maximum atomic E-state index is 6.64. The van der Waals surface area contributed by atoms with Gasteiger partial charge in [0.1, 0.15) is 41.7 Å². The third-order valence-electron chi connectivity index (χ3n) is 7.92. The molecular weight excluding hydrogens is 536 g/mol. The highest BCUT2D eigenvalue weighted by Crippen LogP contribution is 2.44. The van der Waals surface area contributed by atoms with Crippen molar-refractivity contribution in [3.8, 4) is 5.75 Å². The summed E-state index contributed by atoms with van der Waals surface area (Å²) in [5.74, 6) is 1.48. The van der Waals surface area contributed by atoms with Crippen LogP contribution in [0, 0.1) is 0 Å². The molecule has 0 saturated carbocycles. The molecule has 0 amide bonds. The topological polar surface area (TPSA) is 138 Å². The first kappa shape index (κ1) is 28.8. The molecule has 2 aliphatic heterocycles. The fraction of sp³-hybridized carbons (Fsp3) is 0.600. The smallest absolute Gasteiger partial charge is 0.167 e. The zero-order valence-electron chi connectivity index (χ0n) is 25.3. The number of hydrogen-bond acceptors (Lipinski definition) is 10. The SMILES string of the molecule is CC(C)Oc1ccc2[nH]c(CCCCN(C[C@H]3OC(n4cnc5c(N)ncnc54)[C@@H]4OC(C)(C)O[C@H]34)C(C)C)nc2c1. The van der Waals surface area contributed by atoms with Gasteiger partial charge in [0.15, 0.2) is 23.5 Å². The molecule has 6 rings (SSSR count). The highest BCUT2D eigenvalue weighted by Gasteiger charge is 2.56. The lowest BCUT2D eigenvalue weighted by Crippen LogP contribution is -2.43. The molecule has 3 aromatic heterocycles. The highest BCUT2D eigenvalue weighted by atomic mass is 16.8. The number of anilines is 1. The van der Waals surface area contributed by atoms with E-state index in [1.165, 1.54) is 6.33 Å². The molecule has 1 unspecified atom stereocenters. The standard InChI is InChI=1S/C30H42N8O4/c1-17(2)37(12-8-7-9-23-35-20-11-10-19(39-18(3)4)13-21(20)36-23)14-22-25-26(42-30(5,6)41-25)29(40-22)38-16-34-24-27(31)32-15-33-28(24)38/h10-11,13,15-18,22,25-26,29H,7-9,12,14H2,1-6H3,(H,35,36)(H2,31,32,33)/t22-,25-,26-,29?/m1/s1. The van der Waals surface area contributed by atoms with Crippen molar-refractivity contribution in [2.24, 2.45) is 0 Å². The van der Waals surface area contributed by atoms with Crippen molar-refractivity contribution in [1.82, 2.24) is 34.4 Å². The number of fused-ring (bicyclic) bond motifs is 3. The van der Waals surface area contributed by atoms with Gasteiger partial charge in [-0.3, -0.25) is 9.47 Å². The fourth-order valence-electron chi connectivity index (χ4n) is 5.99. The molecule has 1 aromatic carbocycles. The molecule has 2 fully saturated rings. The molecule has 2 saturated heterocycles. The van der Waals surface area contributed by atoms with E-state index in [1.54, 1.807) is 6.33 Å². The molecule has 226 valence electrons. The molecule has 0 spiro atoms. The van der Waals surface area contributed by atoms with Gasteiger partial charge in [-0.1, -0.05) is 0 Å². The fourth-order valence-corrected chi connectivity index (χ4v) is 5.99. The Balaban J connectivity index is 1.10. The zero-order valence-corrected chi connectivity index (χ0v) is 25.3. The number of hydrogen-bond donors (Lipinski definition) is 2. The molecule has 0 bridgehead atoms. The normalized spacial score (nSPS) is 23.6. The number of nitrogens with one attached hydrogen (secondary N) is 1. The lowest BCUT2D eigenvalue weighted by atomic mass is 10.1. The number of aromatic nitrogens is 6. The van der Waals surface area contributed by atoms with Crippen LogP contribution >= 0.6 is 0 Å². The van der Waals surface area contributed by atoms with Gasteiger partial charge in [0.2, 0.25) is 0 Å². The minimum atomic E-state index is -0.711. The van der Waals surface area contributed by atoms with Gasteiger partial charge >= 0.3 is 0 Å². The third-order valence-corrected chi connectivity index (χ3v) is 7.92. The van der Waals surface area contributed by atoms with Gasteiger partial charge in [0, 0.05) is 25.1 Å². The number of nitrogens with zero attached hydrogens (tertiary/aromatic N) is 6. The van der Waals surface area contributed by atoms with Gasteiger partial charge in [-0.2, -0.15) is 0 Å². The second-order valence-electron chi connectivity index (χ2n) is 12.3. The summed E-state index contributed by atoms with van der Waals surface area (Å²) in [6, 6.07) is 6.37. The van der Waals surface area contributed by atoms with E-state index in [0.29, 0.717) is 23.0 Å². The second-order valence-corrected chi connectivity index (χ2v) is 12.3. The largest absolute Gasteiger partial charge is 0.491 e. The Labute approximate surface area is 245 Å². The van der Waals surface area contributed by atoms with Crippen LogP contribution in [-0.4, -0.2) is 83.7 Å². The lowest BCUT2D eigenvalue weighted by molar-refractivity contribution is -0.198. The van der Waals surface area contributed by atoms with E-state index in [4.69, 9.17) is 29.7 Å². The summed E-state index contributed by atoms with van der Waals surface area (Å²) in [4.78, 5) is 23.7. The number of ether oxygens (including phenoxy) is 4. The van der Waals surface area contributed by atoms with Crippen LogP contribution in [0.4, 0.5) is 5.82 Å². The van der Waals surface area contributed by atoms with E-state index in [0.717, 1.165) is 55.0 Å². The third kappa shape index (κ3) is 5.81. The first-order valence-corrected chi connectivity index (χ1v) is 14.9. The van der Waals surface area contributed by atoms with Crippen molar-refractivity contribution in [1.29, 1.82) is 0 Å². The summed E-state index contributed by atoms with van der Waals surface area (Å²) in [6.07, 6.45) is 5.08. The molecule has 12 nitrogen and oxygen atoms in total. The Bertz CT molecular complexity index is 1530. The van der Waals surface area contributed by atoms with Crippen molar-refractivity contribution in [2.45, 2.75) is 103 Å². The van der Waals surface area contributed by atoms with E-state index >= 15 is 0 Å². The molecule has 4 aromatic rings. The molecule has 0 aliphatic carbocycles. The number of nitrogens with two attached hydrogens (primary N) is 1. The van der Waals surface area contributed by atoms with Crippen molar-refractivity contribution >= 4 is 28.0 Å². The number of unbranched alkanes of at least 4 members (excludes halogenated alkanes) is 1. The van der Waals surface area contributed by atoms with Gasteiger partial charge in [-0.25, -0.2) is 19.9 Å². The summed E-state index contributed by atoms with van der Waals surface area (Å²) >= 11 is 0. The number of imidazole rings is 2. The molecule has 2 aliphatic rings. The monoisotopic (exact) mass is 578 g/mol. The van der Waals surface area contributed by atoms with Crippen LogP contribution in [0.3, 0.4) is 0 Å². The van der Waals surface area contributed by atoms with Crippen molar-refractivity contribution in [3.05, 3.63) is 36.7 Å². The quantitative estimate of drug-likeness (QED) is 0.249. The Kier molecular flexibility index (Phi) is 7.81. The molecule has 12 heteroatoms. The van der Waals surface area contributed by atoms with Crippen molar-refractivity contribution < 1.29 is 18.9 Å². The number of nitrogen functional groups attached to an aromatic ring is 1. The summed E-state index contributed by atoms with van der Waals surface area (Å²) < 4.78 is 27.1. The highest BCUT2D eigenvalue weighted by molar-refractivity contribution is 5.81. The number of rotatable bonds is 11. The Morgan fingerprint density at radius 2 is 1.90 bits per heavy atom. The molecule has 42 heavy (non-hydrogen) atoms. The summed E-state index contributed by atoms with van der Waals surface area (Å²) in [6.45, 7) is 14.1. The maximum Gasteiger partial charge on any atom is 0.167 e. The van der Waals surface area contributed by atoms with Crippen LogP contribution in [0.5, 0.6) is 5.75 Å². The average molecular weight is 579 g/mol. The van der Waals surface area contributed by atoms with E-state index in [1.807, 2.05) is 50.5 Å². The van der Waals surface area contributed by atoms with Gasteiger partial charge < -0.3 is 29.7 Å². The van der Waals surface area contributed by atoms with Crippen molar-refractivity contribution in [2.75, 3.05) is 18.8 Å². The minimum absolute atomic E-state index is 0.134. The first-order chi connectivity index (χ1) is 20.1. The molecular formula is C30H42N8O4. The molecule has 5 heterocycles. The number of aromatic amines is 1. The van der Waals surface area contributed by atoms with Gasteiger partial charge in [0.05, 0.1) is 23.5 Å². The Morgan fingerprint density at radius 3 is 2.69 bits per heavy atom. The maximum absolute atomic E-state index is 6.64. The van der Waals surface area contributed by atoms with Crippen LogP contribution < -0.4 is 10.5 Å². The summed E-state index contributed by atoms with van der Waals surface area (Å²) in [5.41, 5.74) is 9.19. The van der Waals surface area contributed by atoms with Crippen molar-refractivity contribution in [3.63, 3.8) is 0 Å². The number of benzene rings is 1. The Morgan fingerprint density at radius 1 is 1.10 bits per heavy atom. The molecule has 0 radical (unpaired) electrons. The second kappa shape index (κ2) is 11.4. The molecule has 3 N–H and O–H groups in total. The van der Waals surface area contributed by atoms with Crippen LogP contribution in [0.25, 0.3) is 22.2 Å². The minimum Gasteiger partial charge on any atom is -0.491 e. The van der Waals surface area contributed by atoms with E-state index in [9.17, 15) is 0 Å². The Hall–Kier alpha value is -3.32. The van der Waals surface area contributed by atoms with Crippen LogP contribution in [0.2, 0.25) is 0 Å². The zero-order chi connectivity index (χ0) is 29.6. The molecule has 4 atom stereocenters. The van der Waals surface area contributed by atoms with Crippen LogP contribution in [0.15, 0.2) is 30.9 Å². The number of H-pyrrole nitrogens is 1. The summed E-state index contributed by atoms with van der Waals surface area (Å²) in [7, 11) is 0. The van der Waals surface area contributed by atoms with Gasteiger partial charge in [-0.05, 0) is 73.1 Å². The van der Waals surface area contributed by atoms with Gasteiger partial charge in [0.25, 0.3) is 0 Å². The summed E-state index contributed by atoms with van der Waals surface area (Å²) in [5, 5.41) is 0. The van der Waals surface area contributed by atoms with E-state index in [-0.39, 0.29) is 24.4 Å². The van der Waals surface area contributed by atoms with Gasteiger partial charge in [-0.15, -0.1) is 0 Å². The van der Waals surface area contributed by atoms with Crippen LogP contribution in [-0.2, 0) is 20.6 Å². The van der Waals surface area contributed by atoms with Crippen LogP contribution in [0.1, 0.15) is 66.4 Å². The van der Waals surface area contributed by atoms with E-state index in [2.05, 4.69) is 38.7 Å². The first-order valence-electron chi connectivity index (χ1n) is 14.9. The predicted octanol–water partition coefficient (Wildman–Crippen LogP) is 4.22. The lowest BCUT2D eigenvalue weighted by Gasteiger charge is -2.31.